The average Bonchev–Trinajstić information content (AvgIpc) is 2.46. The largest absolute Gasteiger partial charge is 0.490 e. The predicted octanol–water partition coefficient (Wildman–Crippen LogP) is 3.58. The van der Waals surface area contributed by atoms with Crippen molar-refractivity contribution in [3.8, 4) is 5.75 Å². The predicted molar refractivity (Wildman–Crippen MR) is 89.7 cm³/mol. The highest BCUT2D eigenvalue weighted by atomic mass is 79.9. The van der Waals surface area contributed by atoms with E-state index < -0.39 is 0 Å². The molecule has 122 valence electrons. The highest BCUT2D eigenvalue weighted by molar-refractivity contribution is 9.10. The van der Waals surface area contributed by atoms with Gasteiger partial charge in [0.05, 0.1) is 10.6 Å². The minimum absolute atomic E-state index is 0.0541. The Balaban J connectivity index is 2.52. The van der Waals surface area contributed by atoms with Gasteiger partial charge in [0.15, 0.2) is 0 Å². The Hall–Kier alpha value is -1.56. The lowest BCUT2D eigenvalue weighted by Crippen LogP contribution is -2.41. The number of nitrogens with one attached hydrogen (secondary N) is 2. The number of rotatable bonds is 7. The van der Waals surface area contributed by atoms with Crippen LogP contribution in [0, 0.1) is 0 Å². The summed E-state index contributed by atoms with van der Waals surface area (Å²) in [6, 6.07) is 5.04. The Labute approximate surface area is 139 Å². The summed E-state index contributed by atoms with van der Waals surface area (Å²) in [5.74, 6) is 0.136. The zero-order valence-corrected chi connectivity index (χ0v) is 14.8. The van der Waals surface area contributed by atoms with Crippen LogP contribution in [0.2, 0.25) is 0 Å². The lowest BCUT2D eigenvalue weighted by atomic mass is 10.2. The van der Waals surface area contributed by atoms with Crippen LogP contribution in [0.1, 0.15) is 56.8 Å². The van der Waals surface area contributed by atoms with Crippen LogP contribution in [-0.2, 0) is 4.79 Å². The molecule has 2 amide bonds. The molecule has 0 aliphatic carbocycles. The number of halogens is 1. The Kier molecular flexibility index (Phi) is 7.95. The molecule has 0 saturated heterocycles. The number of carbonyl (C=O) groups excluding carboxylic acids is 2. The molecule has 0 aromatic heterocycles. The third-order valence-electron chi connectivity index (χ3n) is 2.88. The highest BCUT2D eigenvalue weighted by Crippen LogP contribution is 2.26. The molecule has 1 rings (SSSR count). The Morgan fingerprint density at radius 1 is 1.23 bits per heavy atom. The summed E-state index contributed by atoms with van der Waals surface area (Å²) in [5.41, 5.74) is 5.28. The van der Waals surface area contributed by atoms with Gasteiger partial charge in [-0.05, 0) is 54.4 Å². The normalized spacial score (nSPS) is 10.4. The summed E-state index contributed by atoms with van der Waals surface area (Å²) in [5, 5.41) is 0. The minimum Gasteiger partial charge on any atom is -0.490 e. The topological polar surface area (TPSA) is 67.4 Å². The van der Waals surface area contributed by atoms with Gasteiger partial charge in [0.1, 0.15) is 5.75 Å². The first kappa shape index (κ1) is 18.5. The Morgan fingerprint density at radius 3 is 2.55 bits per heavy atom. The molecule has 0 radical (unpaired) electrons. The lowest BCUT2D eigenvalue weighted by Gasteiger charge is -2.12. The van der Waals surface area contributed by atoms with Crippen LogP contribution >= 0.6 is 15.9 Å². The zero-order chi connectivity index (χ0) is 16.5. The molecule has 0 saturated carbocycles. The number of benzene rings is 1. The second-order valence-electron chi connectivity index (χ2n) is 5.27. The standard InChI is InChI=1S/C16H23BrN2O3/c1-4-5-6-7-15(20)18-19-16(21)12-8-9-14(13(17)10-12)22-11(2)3/h8-11H,4-7H2,1-3H3,(H,18,20)(H,19,21). The molecule has 0 atom stereocenters. The monoisotopic (exact) mass is 370 g/mol. The van der Waals surface area contributed by atoms with Crippen molar-refractivity contribution < 1.29 is 14.3 Å². The zero-order valence-electron chi connectivity index (χ0n) is 13.2. The molecule has 22 heavy (non-hydrogen) atoms. The van der Waals surface area contributed by atoms with Crippen molar-refractivity contribution in [2.45, 2.75) is 52.6 Å². The Bertz CT molecular complexity index is 518. The van der Waals surface area contributed by atoms with Gasteiger partial charge in [0.25, 0.3) is 5.91 Å². The fraction of sp³-hybridized carbons (Fsp3) is 0.500. The van der Waals surface area contributed by atoms with Crippen LogP contribution in [0.3, 0.4) is 0 Å². The van der Waals surface area contributed by atoms with Gasteiger partial charge in [0, 0.05) is 12.0 Å². The number of hydrogen-bond acceptors (Lipinski definition) is 3. The second-order valence-corrected chi connectivity index (χ2v) is 6.13. The van der Waals surface area contributed by atoms with Crippen molar-refractivity contribution in [1.29, 1.82) is 0 Å². The third kappa shape index (κ3) is 6.47. The van der Waals surface area contributed by atoms with Crippen molar-refractivity contribution in [3.05, 3.63) is 28.2 Å². The van der Waals surface area contributed by atoms with Crippen LogP contribution in [0.5, 0.6) is 5.75 Å². The van der Waals surface area contributed by atoms with Crippen molar-refractivity contribution in [3.63, 3.8) is 0 Å². The van der Waals surface area contributed by atoms with Crippen LogP contribution in [0.25, 0.3) is 0 Å². The molecule has 0 aliphatic heterocycles. The maximum absolute atomic E-state index is 12.0. The molecule has 1 aromatic carbocycles. The van der Waals surface area contributed by atoms with Gasteiger partial charge in [-0.2, -0.15) is 0 Å². The van der Waals surface area contributed by atoms with Gasteiger partial charge in [-0.1, -0.05) is 19.8 Å². The van der Waals surface area contributed by atoms with Crippen molar-refractivity contribution >= 4 is 27.7 Å². The number of unbranched alkanes of at least 4 members (excludes halogenated alkanes) is 2. The van der Waals surface area contributed by atoms with E-state index in [1.165, 1.54) is 0 Å². The van der Waals surface area contributed by atoms with E-state index in [-0.39, 0.29) is 17.9 Å². The van der Waals surface area contributed by atoms with Crippen LogP contribution in [0.4, 0.5) is 0 Å². The molecular weight excluding hydrogens is 348 g/mol. The SMILES string of the molecule is CCCCCC(=O)NNC(=O)c1ccc(OC(C)C)c(Br)c1. The molecule has 0 spiro atoms. The summed E-state index contributed by atoms with van der Waals surface area (Å²) >= 11 is 3.37. The van der Waals surface area contributed by atoms with Crippen LogP contribution in [-0.4, -0.2) is 17.9 Å². The fourth-order valence-electron chi connectivity index (χ4n) is 1.79. The second kappa shape index (κ2) is 9.46. The van der Waals surface area contributed by atoms with Gasteiger partial charge < -0.3 is 4.74 Å². The first-order valence-electron chi connectivity index (χ1n) is 7.49. The molecule has 1 aromatic rings. The van der Waals surface area contributed by atoms with Gasteiger partial charge in [-0.15, -0.1) is 0 Å². The smallest absolute Gasteiger partial charge is 0.269 e. The quantitative estimate of drug-likeness (QED) is 0.569. The molecule has 2 N–H and O–H groups in total. The highest BCUT2D eigenvalue weighted by Gasteiger charge is 2.11. The number of ether oxygens (including phenoxy) is 1. The molecule has 0 unspecified atom stereocenters. The minimum atomic E-state index is -0.361. The summed E-state index contributed by atoms with van der Waals surface area (Å²) in [6.45, 7) is 5.94. The van der Waals surface area contributed by atoms with E-state index in [0.717, 1.165) is 19.3 Å². The lowest BCUT2D eigenvalue weighted by molar-refractivity contribution is -0.121. The van der Waals surface area contributed by atoms with Gasteiger partial charge in [-0.3, -0.25) is 20.4 Å². The summed E-state index contributed by atoms with van der Waals surface area (Å²) in [7, 11) is 0. The number of carbonyl (C=O) groups is 2. The van der Waals surface area contributed by atoms with E-state index in [4.69, 9.17) is 4.74 Å². The van der Waals surface area contributed by atoms with Crippen molar-refractivity contribution in [2.24, 2.45) is 0 Å². The third-order valence-corrected chi connectivity index (χ3v) is 3.50. The van der Waals surface area contributed by atoms with E-state index in [1.807, 2.05) is 13.8 Å². The molecular formula is C16H23BrN2O3. The first-order chi connectivity index (χ1) is 10.4. The summed E-state index contributed by atoms with van der Waals surface area (Å²) in [6.07, 6.45) is 3.35. The van der Waals surface area contributed by atoms with Crippen molar-refractivity contribution in [1.82, 2.24) is 10.9 Å². The molecule has 0 fully saturated rings. The summed E-state index contributed by atoms with van der Waals surface area (Å²) < 4.78 is 6.28. The van der Waals surface area contributed by atoms with E-state index in [9.17, 15) is 9.59 Å². The average molecular weight is 371 g/mol. The molecule has 0 bridgehead atoms. The number of hydrazine groups is 1. The van der Waals surface area contributed by atoms with Gasteiger partial charge in [0.2, 0.25) is 5.91 Å². The molecule has 0 heterocycles. The maximum atomic E-state index is 12.0. The number of amides is 2. The number of hydrogen-bond donors (Lipinski definition) is 2. The summed E-state index contributed by atoms with van der Waals surface area (Å²) in [4.78, 5) is 23.5. The molecule has 0 aliphatic rings. The van der Waals surface area contributed by atoms with E-state index in [0.29, 0.717) is 22.2 Å². The van der Waals surface area contributed by atoms with Crippen LogP contribution < -0.4 is 15.6 Å². The fourth-order valence-corrected chi connectivity index (χ4v) is 2.26. The van der Waals surface area contributed by atoms with Gasteiger partial charge in [-0.25, -0.2) is 0 Å². The maximum Gasteiger partial charge on any atom is 0.269 e. The molecule has 5 nitrogen and oxygen atoms in total. The van der Waals surface area contributed by atoms with Crippen molar-refractivity contribution in [2.75, 3.05) is 0 Å². The van der Waals surface area contributed by atoms with E-state index in [1.54, 1.807) is 18.2 Å². The first-order valence-corrected chi connectivity index (χ1v) is 8.28. The Morgan fingerprint density at radius 2 is 1.95 bits per heavy atom. The van der Waals surface area contributed by atoms with Gasteiger partial charge >= 0.3 is 0 Å². The van der Waals surface area contributed by atoms with Crippen LogP contribution in [0.15, 0.2) is 22.7 Å². The van der Waals surface area contributed by atoms with E-state index >= 15 is 0 Å². The molecule has 6 heteroatoms. The van der Waals surface area contributed by atoms with E-state index in [2.05, 4.69) is 33.7 Å².